The number of nitrogens with one attached hydrogen (secondary N) is 1. The van der Waals surface area contributed by atoms with Crippen LogP contribution in [0.2, 0.25) is 0 Å². The first kappa shape index (κ1) is 22.1. The molecule has 154 valence electrons. The number of carbonyl (C=O) groups is 1. The fraction of sp³-hybridized carbons (Fsp3) is 0.550. The molecular formula is C20H30N4O3S. The number of methoxy groups -OCH3 is 2. The fourth-order valence-electron chi connectivity index (χ4n) is 2.60. The Morgan fingerprint density at radius 1 is 1.32 bits per heavy atom. The predicted molar refractivity (Wildman–Crippen MR) is 112 cm³/mol. The normalized spacial score (nSPS) is 11.9. The molecule has 0 aliphatic rings. The van der Waals surface area contributed by atoms with Crippen molar-refractivity contribution in [2.24, 2.45) is 0 Å². The average Bonchev–Trinajstić information content (AvgIpc) is 3.16. The van der Waals surface area contributed by atoms with Crippen LogP contribution in [0.3, 0.4) is 0 Å². The predicted octanol–water partition coefficient (Wildman–Crippen LogP) is 2.90. The van der Waals surface area contributed by atoms with Crippen LogP contribution in [0, 0.1) is 0 Å². The minimum absolute atomic E-state index is 0.0536. The second kappa shape index (κ2) is 11.6. The lowest BCUT2D eigenvalue weighted by molar-refractivity contribution is -0.121. The summed E-state index contributed by atoms with van der Waals surface area (Å²) in [6.45, 7) is 5.88. The molecule has 1 N–H and O–H groups in total. The van der Waals surface area contributed by atoms with Crippen LogP contribution in [0.1, 0.15) is 38.1 Å². The lowest BCUT2D eigenvalue weighted by atomic mass is 10.1. The van der Waals surface area contributed by atoms with Crippen molar-refractivity contribution in [3.63, 3.8) is 0 Å². The fourth-order valence-corrected chi connectivity index (χ4v) is 3.34. The summed E-state index contributed by atoms with van der Waals surface area (Å²) in [5.41, 5.74) is 1.10. The zero-order valence-corrected chi connectivity index (χ0v) is 17.9. The number of ether oxygens (including phenoxy) is 2. The van der Waals surface area contributed by atoms with Gasteiger partial charge in [0.1, 0.15) is 11.6 Å². The molecule has 28 heavy (non-hydrogen) atoms. The van der Waals surface area contributed by atoms with Gasteiger partial charge in [-0.3, -0.25) is 4.79 Å². The van der Waals surface area contributed by atoms with Gasteiger partial charge in [-0.1, -0.05) is 19.1 Å². The molecule has 0 spiro atoms. The molecule has 2 rings (SSSR count). The Morgan fingerprint density at radius 3 is 2.86 bits per heavy atom. The maximum Gasteiger partial charge on any atom is 0.221 e. The van der Waals surface area contributed by atoms with E-state index in [9.17, 15) is 4.79 Å². The molecule has 8 heteroatoms. The lowest BCUT2D eigenvalue weighted by Crippen LogP contribution is -2.36. The Labute approximate surface area is 171 Å². The van der Waals surface area contributed by atoms with Gasteiger partial charge in [0.2, 0.25) is 11.0 Å². The summed E-state index contributed by atoms with van der Waals surface area (Å²) in [4.78, 5) is 18.9. The maximum atomic E-state index is 12.1. The number of hydrogen-bond acceptors (Lipinski definition) is 7. The Balaban J connectivity index is 2.00. The molecule has 7 nitrogen and oxygen atoms in total. The molecule has 0 bridgehead atoms. The summed E-state index contributed by atoms with van der Waals surface area (Å²) in [6, 6.07) is 8.09. The van der Waals surface area contributed by atoms with E-state index in [1.807, 2.05) is 31.2 Å². The number of carbonyl (C=O) groups excluding carboxylic acids is 1. The molecule has 2 aromatic rings. The summed E-state index contributed by atoms with van der Waals surface area (Å²) in [5.74, 6) is 1.64. The molecule has 0 saturated carbocycles. The van der Waals surface area contributed by atoms with Crippen LogP contribution in [-0.2, 0) is 16.0 Å². The van der Waals surface area contributed by atoms with Gasteiger partial charge in [0.05, 0.1) is 13.7 Å². The van der Waals surface area contributed by atoms with E-state index in [1.165, 1.54) is 11.5 Å². The van der Waals surface area contributed by atoms with Crippen LogP contribution >= 0.6 is 11.5 Å². The second-order valence-corrected chi connectivity index (χ2v) is 7.36. The zero-order chi connectivity index (χ0) is 20.4. The molecule has 0 radical (unpaired) electrons. The van der Waals surface area contributed by atoms with Gasteiger partial charge >= 0.3 is 0 Å². The quantitative estimate of drug-likeness (QED) is 0.584. The van der Waals surface area contributed by atoms with Crippen LogP contribution in [-0.4, -0.2) is 55.2 Å². The number of aromatic nitrogens is 2. The molecular weight excluding hydrogens is 376 g/mol. The van der Waals surface area contributed by atoms with Gasteiger partial charge in [-0.25, -0.2) is 4.98 Å². The Hall–Kier alpha value is -2.19. The lowest BCUT2D eigenvalue weighted by Gasteiger charge is -2.21. The van der Waals surface area contributed by atoms with Crippen LogP contribution < -0.4 is 15.0 Å². The Bertz CT molecular complexity index is 738. The van der Waals surface area contributed by atoms with Gasteiger partial charge in [-0.05, 0) is 31.0 Å². The highest BCUT2D eigenvalue weighted by molar-refractivity contribution is 7.09. The highest BCUT2D eigenvalue weighted by Gasteiger charge is 2.15. The van der Waals surface area contributed by atoms with Gasteiger partial charge in [0, 0.05) is 50.6 Å². The highest BCUT2D eigenvalue weighted by Crippen LogP contribution is 2.21. The smallest absolute Gasteiger partial charge is 0.221 e. The van der Waals surface area contributed by atoms with Crippen molar-refractivity contribution in [1.82, 2.24) is 14.7 Å². The van der Waals surface area contributed by atoms with Crippen LogP contribution in [0.5, 0.6) is 5.75 Å². The number of anilines is 1. The van der Waals surface area contributed by atoms with Crippen molar-refractivity contribution in [3.05, 3.63) is 35.7 Å². The monoisotopic (exact) mass is 406 g/mol. The first-order valence-corrected chi connectivity index (χ1v) is 10.3. The molecule has 0 unspecified atom stereocenters. The SMILES string of the molecule is CC[C@H](C)NC(=O)CCN(CCOC)c1nc(Cc2cccc(OC)c2)ns1. The number of rotatable bonds is 12. The number of nitrogens with zero attached hydrogens (tertiary/aromatic N) is 3. The van der Waals surface area contributed by atoms with Crippen LogP contribution in [0.15, 0.2) is 24.3 Å². The molecule has 0 aliphatic heterocycles. The first-order chi connectivity index (χ1) is 13.5. The molecule has 1 heterocycles. The minimum atomic E-state index is 0.0536. The summed E-state index contributed by atoms with van der Waals surface area (Å²) in [6.07, 6.45) is 1.97. The van der Waals surface area contributed by atoms with Crippen molar-refractivity contribution in [3.8, 4) is 5.75 Å². The molecule has 1 aromatic carbocycles. The summed E-state index contributed by atoms with van der Waals surface area (Å²) < 4.78 is 15.0. The topological polar surface area (TPSA) is 76.6 Å². The van der Waals surface area contributed by atoms with Gasteiger partial charge in [0.15, 0.2) is 0 Å². The highest BCUT2D eigenvalue weighted by atomic mass is 32.1. The molecule has 0 saturated heterocycles. The molecule has 1 aromatic heterocycles. The third-order valence-electron chi connectivity index (χ3n) is 4.42. The van der Waals surface area contributed by atoms with E-state index in [0.717, 1.165) is 28.7 Å². The van der Waals surface area contributed by atoms with Crippen molar-refractivity contribution < 1.29 is 14.3 Å². The Morgan fingerprint density at radius 2 is 2.14 bits per heavy atom. The first-order valence-electron chi connectivity index (χ1n) is 9.54. The largest absolute Gasteiger partial charge is 0.497 e. The minimum Gasteiger partial charge on any atom is -0.497 e. The van der Waals surface area contributed by atoms with Crippen molar-refractivity contribution >= 4 is 22.6 Å². The second-order valence-electron chi connectivity index (χ2n) is 6.63. The summed E-state index contributed by atoms with van der Waals surface area (Å²) in [7, 11) is 3.32. The molecule has 0 fully saturated rings. The van der Waals surface area contributed by atoms with E-state index in [0.29, 0.717) is 32.5 Å². The van der Waals surface area contributed by atoms with Gasteiger partial charge in [-0.15, -0.1) is 0 Å². The number of hydrogen-bond donors (Lipinski definition) is 1. The van der Waals surface area contributed by atoms with Crippen molar-refractivity contribution in [1.29, 1.82) is 0 Å². The number of amides is 1. The average molecular weight is 407 g/mol. The van der Waals surface area contributed by atoms with Crippen LogP contribution in [0.25, 0.3) is 0 Å². The Kier molecular flexibility index (Phi) is 9.16. The van der Waals surface area contributed by atoms with E-state index in [-0.39, 0.29) is 11.9 Å². The van der Waals surface area contributed by atoms with E-state index in [1.54, 1.807) is 14.2 Å². The standard InChI is InChI=1S/C20H30N4O3S/c1-5-15(2)21-19(25)9-10-24(11-12-26-3)20-22-18(23-28-20)14-16-7-6-8-17(13-16)27-4/h6-8,13,15H,5,9-12,14H2,1-4H3,(H,21,25)/t15-/m0/s1. The molecule has 1 atom stereocenters. The van der Waals surface area contributed by atoms with Crippen LogP contribution in [0.4, 0.5) is 5.13 Å². The van der Waals surface area contributed by atoms with Gasteiger partial charge in [0.25, 0.3) is 0 Å². The third-order valence-corrected chi connectivity index (χ3v) is 5.23. The van der Waals surface area contributed by atoms with Gasteiger partial charge in [-0.2, -0.15) is 4.37 Å². The van der Waals surface area contributed by atoms with Crippen molar-refractivity contribution in [2.45, 2.75) is 39.2 Å². The molecule has 0 aliphatic carbocycles. The number of benzene rings is 1. The summed E-state index contributed by atoms with van der Waals surface area (Å²) >= 11 is 1.35. The van der Waals surface area contributed by atoms with Crippen molar-refractivity contribution in [2.75, 3.05) is 38.8 Å². The van der Waals surface area contributed by atoms with E-state index in [2.05, 4.69) is 26.5 Å². The third kappa shape index (κ3) is 7.09. The van der Waals surface area contributed by atoms with E-state index in [4.69, 9.17) is 9.47 Å². The van der Waals surface area contributed by atoms with E-state index >= 15 is 0 Å². The maximum absolute atomic E-state index is 12.1. The molecule has 1 amide bonds. The van der Waals surface area contributed by atoms with Gasteiger partial charge < -0.3 is 19.7 Å². The summed E-state index contributed by atoms with van der Waals surface area (Å²) in [5, 5.41) is 3.81. The zero-order valence-electron chi connectivity index (χ0n) is 17.1. The van der Waals surface area contributed by atoms with E-state index < -0.39 is 0 Å².